The summed E-state index contributed by atoms with van der Waals surface area (Å²) in [5, 5.41) is 2.83. The van der Waals surface area contributed by atoms with Crippen LogP contribution in [-0.2, 0) is 9.59 Å². The third kappa shape index (κ3) is 2.73. The van der Waals surface area contributed by atoms with Crippen LogP contribution in [0.1, 0.15) is 27.7 Å². The predicted octanol–water partition coefficient (Wildman–Crippen LogP) is 2.72. The lowest BCUT2D eigenvalue weighted by molar-refractivity contribution is -0.136. The van der Waals surface area contributed by atoms with Crippen LogP contribution in [0.3, 0.4) is 0 Å². The van der Waals surface area contributed by atoms with Gasteiger partial charge in [0, 0.05) is 10.2 Å². The summed E-state index contributed by atoms with van der Waals surface area (Å²) >= 11 is 3.40. The van der Waals surface area contributed by atoms with E-state index in [1.165, 1.54) is 0 Å². The van der Waals surface area contributed by atoms with Gasteiger partial charge in [-0.1, -0.05) is 42.8 Å². The molecule has 2 unspecified atom stereocenters. The summed E-state index contributed by atoms with van der Waals surface area (Å²) in [6, 6.07) is 6.44. The van der Waals surface area contributed by atoms with E-state index >= 15 is 0 Å². The third-order valence-electron chi connectivity index (χ3n) is 3.49. The van der Waals surface area contributed by atoms with Gasteiger partial charge in [0.25, 0.3) is 5.91 Å². The molecule has 5 heteroatoms. The number of rotatable bonds is 1. The van der Waals surface area contributed by atoms with Gasteiger partial charge in [0.15, 0.2) is 0 Å². The highest BCUT2D eigenvalue weighted by molar-refractivity contribution is 9.10. The topological polar surface area (TPSA) is 49.4 Å². The van der Waals surface area contributed by atoms with E-state index in [4.69, 9.17) is 0 Å². The van der Waals surface area contributed by atoms with Crippen molar-refractivity contribution in [2.45, 2.75) is 39.8 Å². The number of hydrogen-bond donors (Lipinski definition) is 1. The lowest BCUT2D eigenvalue weighted by Crippen LogP contribution is -2.66. The van der Waals surface area contributed by atoms with Crippen molar-refractivity contribution in [1.29, 1.82) is 0 Å². The molecule has 0 spiro atoms. The zero-order valence-electron chi connectivity index (χ0n) is 12.1. The molecular formula is C15H19BrN2O2. The number of hydrogen-bond acceptors (Lipinski definition) is 2. The van der Waals surface area contributed by atoms with E-state index in [0.717, 1.165) is 10.2 Å². The first-order valence-electron chi connectivity index (χ1n) is 6.61. The molecule has 0 aliphatic carbocycles. The van der Waals surface area contributed by atoms with E-state index < -0.39 is 12.1 Å². The monoisotopic (exact) mass is 338 g/mol. The Bertz CT molecular complexity index is 551. The van der Waals surface area contributed by atoms with E-state index in [9.17, 15) is 9.59 Å². The number of carbonyl (C=O) groups excluding carboxylic acids is 2. The van der Waals surface area contributed by atoms with Crippen molar-refractivity contribution in [1.82, 2.24) is 5.32 Å². The number of benzene rings is 1. The normalized spacial score (nSPS) is 23.8. The van der Waals surface area contributed by atoms with Crippen molar-refractivity contribution in [2.75, 3.05) is 4.90 Å². The number of anilines is 1. The molecule has 1 aromatic rings. The Balaban J connectivity index is 2.44. The maximum Gasteiger partial charge on any atom is 0.250 e. The maximum absolute atomic E-state index is 12.7. The molecule has 0 saturated carbocycles. The average Bonchev–Trinajstić information content (AvgIpc) is 2.33. The number of amides is 2. The Labute approximate surface area is 127 Å². The quantitative estimate of drug-likeness (QED) is 0.855. The standard InChI is InChI=1S/C15H19BrN2O2/c1-9-13(19)17-12(15(2,3)4)14(20)18(9)11-7-5-6-10(16)8-11/h5-9,12H,1-4H3,(H,17,19). The van der Waals surface area contributed by atoms with Gasteiger partial charge in [-0.2, -0.15) is 0 Å². The lowest BCUT2D eigenvalue weighted by Gasteiger charge is -2.42. The second-order valence-electron chi connectivity index (χ2n) is 6.17. The second-order valence-corrected chi connectivity index (χ2v) is 7.09. The van der Waals surface area contributed by atoms with Crippen LogP contribution in [0.4, 0.5) is 5.69 Å². The summed E-state index contributed by atoms with van der Waals surface area (Å²) in [4.78, 5) is 26.5. The molecule has 1 saturated heterocycles. The molecule has 2 rings (SSSR count). The van der Waals surface area contributed by atoms with E-state index in [1.807, 2.05) is 45.0 Å². The number of nitrogens with zero attached hydrogens (tertiary/aromatic N) is 1. The minimum atomic E-state index is -0.509. The Hall–Kier alpha value is -1.36. The van der Waals surface area contributed by atoms with Crippen molar-refractivity contribution in [3.05, 3.63) is 28.7 Å². The molecular weight excluding hydrogens is 320 g/mol. The number of halogens is 1. The molecule has 1 aromatic carbocycles. The third-order valence-corrected chi connectivity index (χ3v) is 3.98. The lowest BCUT2D eigenvalue weighted by atomic mass is 9.84. The Morgan fingerprint density at radius 2 is 1.90 bits per heavy atom. The second kappa shape index (κ2) is 5.20. The summed E-state index contributed by atoms with van der Waals surface area (Å²) in [6.45, 7) is 7.59. The fraction of sp³-hybridized carbons (Fsp3) is 0.467. The first kappa shape index (κ1) is 15.0. The molecule has 1 aliphatic rings. The van der Waals surface area contributed by atoms with Gasteiger partial charge in [-0.3, -0.25) is 14.5 Å². The highest BCUT2D eigenvalue weighted by atomic mass is 79.9. The van der Waals surface area contributed by atoms with Crippen molar-refractivity contribution >= 4 is 33.4 Å². The van der Waals surface area contributed by atoms with Crippen LogP contribution in [0.15, 0.2) is 28.7 Å². The van der Waals surface area contributed by atoms with Crippen LogP contribution >= 0.6 is 15.9 Å². The van der Waals surface area contributed by atoms with Gasteiger partial charge in [0.2, 0.25) is 5.91 Å². The van der Waals surface area contributed by atoms with E-state index in [1.54, 1.807) is 11.8 Å². The highest BCUT2D eigenvalue weighted by Gasteiger charge is 2.44. The predicted molar refractivity (Wildman–Crippen MR) is 82.5 cm³/mol. The van der Waals surface area contributed by atoms with E-state index in [-0.39, 0.29) is 17.2 Å². The van der Waals surface area contributed by atoms with Gasteiger partial charge in [-0.05, 0) is 30.5 Å². The summed E-state index contributed by atoms with van der Waals surface area (Å²) in [5.41, 5.74) is 0.415. The van der Waals surface area contributed by atoms with Gasteiger partial charge >= 0.3 is 0 Å². The van der Waals surface area contributed by atoms with Gasteiger partial charge < -0.3 is 5.32 Å². The van der Waals surface area contributed by atoms with Crippen LogP contribution in [-0.4, -0.2) is 23.9 Å². The Morgan fingerprint density at radius 1 is 1.25 bits per heavy atom. The molecule has 0 aromatic heterocycles. The Kier molecular flexibility index (Phi) is 3.91. The zero-order valence-corrected chi connectivity index (χ0v) is 13.7. The molecule has 2 atom stereocenters. The van der Waals surface area contributed by atoms with Crippen molar-refractivity contribution in [3.63, 3.8) is 0 Å². The number of carbonyl (C=O) groups is 2. The molecule has 4 nitrogen and oxygen atoms in total. The molecule has 1 N–H and O–H groups in total. The summed E-state index contributed by atoms with van der Waals surface area (Å²) in [5.74, 6) is -0.188. The largest absolute Gasteiger partial charge is 0.342 e. The van der Waals surface area contributed by atoms with Crippen LogP contribution in [0.5, 0.6) is 0 Å². The smallest absolute Gasteiger partial charge is 0.250 e. The molecule has 0 bridgehead atoms. The molecule has 20 heavy (non-hydrogen) atoms. The molecule has 1 heterocycles. The summed E-state index contributed by atoms with van der Waals surface area (Å²) < 4.78 is 0.883. The van der Waals surface area contributed by atoms with Gasteiger partial charge in [-0.25, -0.2) is 0 Å². The molecule has 1 fully saturated rings. The summed E-state index contributed by atoms with van der Waals surface area (Å²) in [7, 11) is 0. The molecule has 0 radical (unpaired) electrons. The van der Waals surface area contributed by atoms with Crippen LogP contribution < -0.4 is 10.2 Å². The summed E-state index contributed by atoms with van der Waals surface area (Å²) in [6.07, 6.45) is 0. The van der Waals surface area contributed by atoms with Crippen molar-refractivity contribution in [3.8, 4) is 0 Å². The van der Waals surface area contributed by atoms with Crippen LogP contribution in [0, 0.1) is 5.41 Å². The average molecular weight is 339 g/mol. The van der Waals surface area contributed by atoms with E-state index in [0.29, 0.717) is 0 Å². The van der Waals surface area contributed by atoms with Gasteiger partial charge in [-0.15, -0.1) is 0 Å². The van der Waals surface area contributed by atoms with Gasteiger partial charge in [0.1, 0.15) is 12.1 Å². The first-order chi connectivity index (χ1) is 9.21. The fourth-order valence-electron chi connectivity index (χ4n) is 2.34. The van der Waals surface area contributed by atoms with Crippen molar-refractivity contribution < 1.29 is 9.59 Å². The minimum absolute atomic E-state index is 0.0669. The van der Waals surface area contributed by atoms with Crippen LogP contribution in [0.25, 0.3) is 0 Å². The van der Waals surface area contributed by atoms with Crippen molar-refractivity contribution in [2.24, 2.45) is 5.41 Å². The zero-order chi connectivity index (χ0) is 15.1. The maximum atomic E-state index is 12.7. The molecule has 108 valence electrons. The molecule has 1 aliphatic heterocycles. The van der Waals surface area contributed by atoms with Crippen LogP contribution in [0.2, 0.25) is 0 Å². The highest BCUT2D eigenvalue weighted by Crippen LogP contribution is 2.29. The SMILES string of the molecule is CC1C(=O)NC(C(C)(C)C)C(=O)N1c1cccc(Br)c1. The number of nitrogens with one attached hydrogen (secondary N) is 1. The number of piperazine rings is 1. The van der Waals surface area contributed by atoms with Gasteiger partial charge in [0.05, 0.1) is 0 Å². The van der Waals surface area contributed by atoms with E-state index in [2.05, 4.69) is 21.2 Å². The molecule has 2 amide bonds. The Morgan fingerprint density at radius 3 is 2.45 bits per heavy atom. The fourth-order valence-corrected chi connectivity index (χ4v) is 2.72. The minimum Gasteiger partial charge on any atom is -0.342 e. The first-order valence-corrected chi connectivity index (χ1v) is 7.40.